The van der Waals surface area contributed by atoms with Gasteiger partial charge >= 0.3 is 12.0 Å². The maximum absolute atomic E-state index is 11.4. The first kappa shape index (κ1) is 13.9. The lowest BCUT2D eigenvalue weighted by Crippen LogP contribution is -2.42. The fourth-order valence-corrected chi connectivity index (χ4v) is 1.15. The predicted octanol–water partition coefficient (Wildman–Crippen LogP) is -1.29. The number of carbonyl (C=O) groups is 2. The van der Waals surface area contributed by atoms with Crippen LogP contribution in [0.2, 0.25) is 0 Å². The summed E-state index contributed by atoms with van der Waals surface area (Å²) >= 11 is 0. The van der Waals surface area contributed by atoms with E-state index in [4.69, 9.17) is 5.11 Å². The maximum atomic E-state index is 11.4. The molecule has 0 aliphatic carbocycles. The topological polar surface area (TPSA) is 118 Å². The lowest BCUT2D eigenvalue weighted by molar-refractivity contribution is -0.147. The summed E-state index contributed by atoms with van der Waals surface area (Å²) in [5, 5.41) is 21.0. The molecule has 0 saturated carbocycles. The summed E-state index contributed by atoms with van der Waals surface area (Å²) in [6.45, 7) is 0.0868. The number of rotatable bonds is 6. The van der Waals surface area contributed by atoms with Crippen LogP contribution in [-0.2, 0) is 23.1 Å². The number of nitrogens with zero attached hydrogens (tertiary/aromatic N) is 3. The Morgan fingerprint density at radius 3 is 2.78 bits per heavy atom. The van der Waals surface area contributed by atoms with E-state index >= 15 is 0 Å². The van der Waals surface area contributed by atoms with Crippen LogP contribution in [0, 0.1) is 0 Å². The SMILES string of the molecule is COC(CNC(=O)NCc1nncn1C)C(=O)O. The molecule has 1 atom stereocenters. The van der Waals surface area contributed by atoms with E-state index in [-0.39, 0.29) is 13.1 Å². The van der Waals surface area contributed by atoms with Gasteiger partial charge in [0.2, 0.25) is 0 Å². The van der Waals surface area contributed by atoms with Gasteiger partial charge in [-0.2, -0.15) is 0 Å². The van der Waals surface area contributed by atoms with Gasteiger partial charge in [0.05, 0.1) is 13.1 Å². The highest BCUT2D eigenvalue weighted by Gasteiger charge is 2.17. The number of aryl methyl sites for hydroxylation is 1. The first-order chi connectivity index (χ1) is 8.54. The van der Waals surface area contributed by atoms with Gasteiger partial charge in [-0.25, -0.2) is 9.59 Å². The molecule has 0 saturated heterocycles. The molecule has 0 spiro atoms. The van der Waals surface area contributed by atoms with Crippen LogP contribution < -0.4 is 10.6 Å². The van der Waals surface area contributed by atoms with Crippen molar-refractivity contribution in [3.05, 3.63) is 12.2 Å². The molecule has 1 aromatic heterocycles. The fourth-order valence-electron chi connectivity index (χ4n) is 1.15. The number of carboxylic acids is 1. The van der Waals surface area contributed by atoms with E-state index in [1.54, 1.807) is 11.6 Å². The summed E-state index contributed by atoms with van der Waals surface area (Å²) in [5.41, 5.74) is 0. The summed E-state index contributed by atoms with van der Waals surface area (Å²) < 4.78 is 6.33. The third kappa shape index (κ3) is 4.01. The smallest absolute Gasteiger partial charge is 0.334 e. The van der Waals surface area contributed by atoms with Crippen molar-refractivity contribution in [3.63, 3.8) is 0 Å². The molecule has 1 rings (SSSR count). The van der Waals surface area contributed by atoms with Crippen LogP contribution in [-0.4, -0.2) is 51.6 Å². The standard InChI is InChI=1S/C9H15N5O4/c1-14-5-12-13-7(14)4-11-9(17)10-3-6(18-2)8(15)16/h5-6H,3-4H2,1-2H3,(H,15,16)(H2,10,11,17). The lowest BCUT2D eigenvalue weighted by atomic mass is 10.3. The number of aliphatic carboxylic acids is 1. The zero-order chi connectivity index (χ0) is 13.5. The van der Waals surface area contributed by atoms with E-state index in [9.17, 15) is 9.59 Å². The Hall–Kier alpha value is -2.16. The molecule has 0 bridgehead atoms. The quantitative estimate of drug-likeness (QED) is 0.583. The summed E-state index contributed by atoms with van der Waals surface area (Å²) in [4.78, 5) is 22.0. The van der Waals surface area contributed by atoms with Gasteiger partial charge in [0.25, 0.3) is 0 Å². The monoisotopic (exact) mass is 257 g/mol. The molecule has 3 N–H and O–H groups in total. The zero-order valence-corrected chi connectivity index (χ0v) is 10.1. The van der Waals surface area contributed by atoms with Crippen LogP contribution in [0.5, 0.6) is 0 Å². The van der Waals surface area contributed by atoms with Crippen molar-refractivity contribution in [2.24, 2.45) is 7.05 Å². The number of carboxylic acid groups (broad SMARTS) is 1. The van der Waals surface area contributed by atoms with Crippen molar-refractivity contribution < 1.29 is 19.4 Å². The van der Waals surface area contributed by atoms with Crippen molar-refractivity contribution in [2.45, 2.75) is 12.6 Å². The Labute approximate surface area is 103 Å². The molecule has 9 nitrogen and oxygen atoms in total. The molecule has 1 aromatic rings. The largest absolute Gasteiger partial charge is 0.479 e. The van der Waals surface area contributed by atoms with Crippen molar-refractivity contribution in [1.82, 2.24) is 25.4 Å². The third-order valence-corrected chi connectivity index (χ3v) is 2.22. The van der Waals surface area contributed by atoms with Crippen LogP contribution in [0.25, 0.3) is 0 Å². The highest BCUT2D eigenvalue weighted by atomic mass is 16.5. The highest BCUT2D eigenvalue weighted by Crippen LogP contribution is 1.90. The van der Waals surface area contributed by atoms with E-state index < -0.39 is 18.1 Å². The second-order valence-electron chi connectivity index (χ2n) is 3.48. The molecule has 9 heteroatoms. The number of carbonyl (C=O) groups excluding carboxylic acids is 1. The Morgan fingerprint density at radius 1 is 1.56 bits per heavy atom. The Balaban J connectivity index is 2.30. The van der Waals surface area contributed by atoms with Crippen LogP contribution in [0.1, 0.15) is 5.82 Å². The Kier molecular flexibility index (Phi) is 5.06. The minimum Gasteiger partial charge on any atom is -0.479 e. The molecule has 0 fully saturated rings. The van der Waals surface area contributed by atoms with Gasteiger partial charge in [0.1, 0.15) is 6.33 Å². The number of hydrogen-bond donors (Lipinski definition) is 3. The average molecular weight is 257 g/mol. The van der Waals surface area contributed by atoms with Gasteiger partial charge in [-0.05, 0) is 0 Å². The number of hydrogen-bond acceptors (Lipinski definition) is 5. The van der Waals surface area contributed by atoms with Gasteiger partial charge in [0, 0.05) is 14.2 Å². The van der Waals surface area contributed by atoms with Crippen molar-refractivity contribution >= 4 is 12.0 Å². The first-order valence-corrected chi connectivity index (χ1v) is 5.14. The molecule has 0 aliphatic heterocycles. The first-order valence-electron chi connectivity index (χ1n) is 5.14. The molecule has 0 radical (unpaired) electrons. The molecule has 0 aliphatic rings. The van der Waals surface area contributed by atoms with Crippen LogP contribution >= 0.6 is 0 Å². The molecular weight excluding hydrogens is 242 g/mol. The van der Waals surface area contributed by atoms with E-state index in [2.05, 4.69) is 25.6 Å². The van der Waals surface area contributed by atoms with Gasteiger partial charge in [0.15, 0.2) is 11.9 Å². The van der Waals surface area contributed by atoms with Crippen molar-refractivity contribution in [1.29, 1.82) is 0 Å². The van der Waals surface area contributed by atoms with Gasteiger partial charge in [-0.3, -0.25) is 0 Å². The van der Waals surface area contributed by atoms with Gasteiger partial charge < -0.3 is 25.0 Å². The van der Waals surface area contributed by atoms with E-state index in [1.807, 2.05) is 0 Å². The summed E-state index contributed by atoms with van der Waals surface area (Å²) in [5.74, 6) is -0.544. The van der Waals surface area contributed by atoms with Crippen molar-refractivity contribution in [2.75, 3.05) is 13.7 Å². The number of methoxy groups -OCH3 is 1. The Bertz CT molecular complexity index is 419. The highest BCUT2D eigenvalue weighted by molar-refractivity contribution is 5.76. The third-order valence-electron chi connectivity index (χ3n) is 2.22. The minimum absolute atomic E-state index is 0.115. The number of ether oxygens (including phenoxy) is 1. The molecule has 18 heavy (non-hydrogen) atoms. The van der Waals surface area contributed by atoms with Crippen LogP contribution in [0.15, 0.2) is 6.33 Å². The zero-order valence-electron chi connectivity index (χ0n) is 10.1. The summed E-state index contributed by atoms with van der Waals surface area (Å²) in [7, 11) is 3.01. The predicted molar refractivity (Wildman–Crippen MR) is 59.7 cm³/mol. The second-order valence-corrected chi connectivity index (χ2v) is 3.48. The van der Waals surface area contributed by atoms with Crippen LogP contribution in [0.3, 0.4) is 0 Å². The number of amides is 2. The molecule has 1 heterocycles. The molecule has 2 amide bonds. The van der Waals surface area contributed by atoms with Crippen LogP contribution in [0.4, 0.5) is 4.79 Å². The maximum Gasteiger partial charge on any atom is 0.334 e. The summed E-state index contributed by atoms with van der Waals surface area (Å²) in [6, 6.07) is -0.499. The lowest BCUT2D eigenvalue weighted by Gasteiger charge is -2.12. The number of urea groups is 1. The van der Waals surface area contributed by atoms with Crippen molar-refractivity contribution in [3.8, 4) is 0 Å². The molecule has 0 aromatic carbocycles. The average Bonchev–Trinajstić information content (AvgIpc) is 2.72. The van der Waals surface area contributed by atoms with Gasteiger partial charge in [-0.15, -0.1) is 10.2 Å². The van der Waals surface area contributed by atoms with E-state index in [1.165, 1.54) is 13.4 Å². The fraction of sp³-hybridized carbons (Fsp3) is 0.556. The van der Waals surface area contributed by atoms with E-state index in [0.717, 1.165) is 0 Å². The summed E-state index contributed by atoms with van der Waals surface area (Å²) in [6.07, 6.45) is 0.450. The minimum atomic E-state index is -1.13. The Morgan fingerprint density at radius 2 is 2.28 bits per heavy atom. The second kappa shape index (κ2) is 6.55. The molecule has 1 unspecified atom stereocenters. The number of nitrogens with one attached hydrogen (secondary N) is 2. The molecule has 100 valence electrons. The molecular formula is C9H15N5O4. The van der Waals surface area contributed by atoms with E-state index in [0.29, 0.717) is 5.82 Å². The van der Waals surface area contributed by atoms with Gasteiger partial charge in [-0.1, -0.05) is 0 Å². The normalized spacial score (nSPS) is 11.9. The number of aromatic nitrogens is 3.